The predicted octanol–water partition coefficient (Wildman–Crippen LogP) is 1.11. The summed E-state index contributed by atoms with van der Waals surface area (Å²) in [4.78, 5) is 23.1. The van der Waals surface area contributed by atoms with Gasteiger partial charge in [-0.05, 0) is 12.1 Å². The van der Waals surface area contributed by atoms with Crippen LogP contribution in [0.5, 0.6) is 5.75 Å². The Bertz CT molecular complexity index is 445. The first-order valence-corrected chi connectivity index (χ1v) is 5.06. The van der Waals surface area contributed by atoms with Crippen LogP contribution in [0.2, 0.25) is 0 Å². The van der Waals surface area contributed by atoms with E-state index in [1.165, 1.54) is 4.90 Å². The smallest absolute Gasteiger partial charge is 0.414 e. The molecule has 0 saturated carbocycles. The van der Waals surface area contributed by atoms with Crippen molar-refractivity contribution in [2.75, 3.05) is 24.7 Å². The maximum Gasteiger partial charge on any atom is 0.414 e. The number of hydrogen-bond donors (Lipinski definition) is 1. The zero-order valence-electron chi connectivity index (χ0n) is 8.96. The predicted molar refractivity (Wildman–Crippen MR) is 58.3 cm³/mol. The molecule has 0 aliphatic carbocycles. The van der Waals surface area contributed by atoms with E-state index in [4.69, 9.17) is 14.6 Å². The molecule has 1 aromatic rings. The molecule has 0 radical (unpaired) electrons. The molecule has 6 nitrogen and oxygen atoms in total. The van der Waals surface area contributed by atoms with Crippen LogP contribution in [-0.2, 0) is 9.53 Å². The minimum Gasteiger partial charge on any atom is -0.482 e. The number of cyclic esters (lactones) is 1. The molecule has 17 heavy (non-hydrogen) atoms. The van der Waals surface area contributed by atoms with Crippen LogP contribution in [0.1, 0.15) is 0 Å². The van der Waals surface area contributed by atoms with Crippen LogP contribution in [0.3, 0.4) is 0 Å². The van der Waals surface area contributed by atoms with Crippen molar-refractivity contribution in [3.05, 3.63) is 24.3 Å². The summed E-state index contributed by atoms with van der Waals surface area (Å²) in [6.45, 7) is 0.439. The minimum absolute atomic E-state index is 0.360. The highest BCUT2D eigenvalue weighted by atomic mass is 16.6. The number of carbonyl (C=O) groups excluding carboxylic acids is 1. The topological polar surface area (TPSA) is 76.1 Å². The third-order valence-corrected chi connectivity index (χ3v) is 2.25. The number of carboxylic acid groups (broad SMARTS) is 1. The molecule has 90 valence electrons. The van der Waals surface area contributed by atoms with Gasteiger partial charge in [0, 0.05) is 6.07 Å². The molecule has 0 aromatic heterocycles. The van der Waals surface area contributed by atoms with E-state index in [1.807, 2.05) is 0 Å². The lowest BCUT2D eigenvalue weighted by Gasteiger charge is -2.13. The first-order valence-electron chi connectivity index (χ1n) is 5.06. The van der Waals surface area contributed by atoms with E-state index in [-0.39, 0.29) is 0 Å². The molecule has 1 N–H and O–H groups in total. The van der Waals surface area contributed by atoms with Crippen molar-refractivity contribution in [3.8, 4) is 5.75 Å². The second-order valence-corrected chi connectivity index (χ2v) is 3.45. The van der Waals surface area contributed by atoms with E-state index < -0.39 is 18.7 Å². The second kappa shape index (κ2) is 4.73. The quantitative estimate of drug-likeness (QED) is 0.848. The number of anilines is 1. The molecule has 1 aromatic carbocycles. The lowest BCUT2D eigenvalue weighted by Crippen LogP contribution is -2.23. The Kier molecular flexibility index (Phi) is 3.13. The van der Waals surface area contributed by atoms with Gasteiger partial charge >= 0.3 is 12.1 Å². The molecular formula is C11H11NO5. The molecule has 1 amide bonds. The highest BCUT2D eigenvalue weighted by molar-refractivity contribution is 5.89. The number of ether oxygens (including phenoxy) is 2. The molecule has 1 heterocycles. The number of rotatable bonds is 4. The van der Waals surface area contributed by atoms with Gasteiger partial charge in [-0.25, -0.2) is 9.59 Å². The van der Waals surface area contributed by atoms with E-state index in [2.05, 4.69) is 0 Å². The van der Waals surface area contributed by atoms with Gasteiger partial charge in [0.05, 0.1) is 12.2 Å². The lowest BCUT2D eigenvalue weighted by molar-refractivity contribution is -0.139. The molecule has 0 spiro atoms. The summed E-state index contributed by atoms with van der Waals surface area (Å²) in [6.07, 6.45) is -0.402. The standard InChI is InChI=1S/C11H11NO5/c13-10(14)7-17-9-3-1-2-8(6-9)12-4-5-16-11(12)15/h1-3,6H,4-5,7H2,(H,13,14). The van der Waals surface area contributed by atoms with Crippen LogP contribution in [0.25, 0.3) is 0 Å². The summed E-state index contributed by atoms with van der Waals surface area (Å²) >= 11 is 0. The van der Waals surface area contributed by atoms with Gasteiger partial charge in [0.1, 0.15) is 12.4 Å². The molecule has 1 aliphatic rings. The third kappa shape index (κ3) is 2.66. The van der Waals surface area contributed by atoms with Gasteiger partial charge in [-0.1, -0.05) is 6.07 Å². The van der Waals surface area contributed by atoms with Crippen molar-refractivity contribution in [1.82, 2.24) is 0 Å². The van der Waals surface area contributed by atoms with Crippen LogP contribution in [0.4, 0.5) is 10.5 Å². The molecular weight excluding hydrogens is 226 g/mol. The van der Waals surface area contributed by atoms with Crippen LogP contribution < -0.4 is 9.64 Å². The zero-order chi connectivity index (χ0) is 12.3. The molecule has 0 unspecified atom stereocenters. The van der Waals surface area contributed by atoms with Crippen LogP contribution in [0.15, 0.2) is 24.3 Å². The van der Waals surface area contributed by atoms with Crippen molar-refractivity contribution >= 4 is 17.7 Å². The Morgan fingerprint density at radius 3 is 3.00 bits per heavy atom. The molecule has 0 atom stereocenters. The van der Waals surface area contributed by atoms with Gasteiger partial charge < -0.3 is 14.6 Å². The van der Waals surface area contributed by atoms with E-state index in [0.717, 1.165) is 0 Å². The van der Waals surface area contributed by atoms with Gasteiger partial charge in [0.25, 0.3) is 0 Å². The van der Waals surface area contributed by atoms with Crippen molar-refractivity contribution in [2.24, 2.45) is 0 Å². The van der Waals surface area contributed by atoms with Gasteiger partial charge in [0.2, 0.25) is 0 Å². The van der Waals surface area contributed by atoms with Gasteiger partial charge in [-0.15, -0.1) is 0 Å². The van der Waals surface area contributed by atoms with E-state index in [0.29, 0.717) is 24.6 Å². The number of benzene rings is 1. The van der Waals surface area contributed by atoms with Crippen molar-refractivity contribution in [2.45, 2.75) is 0 Å². The molecule has 1 saturated heterocycles. The average molecular weight is 237 g/mol. The fourth-order valence-corrected chi connectivity index (χ4v) is 1.51. The van der Waals surface area contributed by atoms with Crippen molar-refractivity contribution in [1.29, 1.82) is 0 Å². The highest BCUT2D eigenvalue weighted by Gasteiger charge is 2.23. The Labute approximate surface area is 97.4 Å². The largest absolute Gasteiger partial charge is 0.482 e. The molecule has 0 bridgehead atoms. The average Bonchev–Trinajstić information content (AvgIpc) is 2.73. The normalized spacial score (nSPS) is 14.6. The highest BCUT2D eigenvalue weighted by Crippen LogP contribution is 2.23. The minimum atomic E-state index is -1.05. The first-order chi connectivity index (χ1) is 8.16. The number of carbonyl (C=O) groups is 2. The first kappa shape index (κ1) is 11.3. The molecule has 1 aliphatic heterocycles. The van der Waals surface area contributed by atoms with Crippen LogP contribution >= 0.6 is 0 Å². The van der Waals surface area contributed by atoms with E-state index in [9.17, 15) is 9.59 Å². The summed E-state index contributed by atoms with van der Waals surface area (Å²) < 4.78 is 9.83. The maximum atomic E-state index is 11.3. The van der Waals surface area contributed by atoms with E-state index in [1.54, 1.807) is 24.3 Å². The summed E-state index contributed by atoms with van der Waals surface area (Å²) in [5.41, 5.74) is 0.635. The monoisotopic (exact) mass is 237 g/mol. The molecule has 1 fully saturated rings. The summed E-state index contributed by atoms with van der Waals surface area (Å²) in [5, 5.41) is 8.49. The van der Waals surface area contributed by atoms with Crippen molar-refractivity contribution in [3.63, 3.8) is 0 Å². The SMILES string of the molecule is O=C(O)COc1cccc(N2CCOC2=O)c1. The number of hydrogen-bond acceptors (Lipinski definition) is 4. The molecule has 6 heteroatoms. The van der Waals surface area contributed by atoms with Gasteiger partial charge in [-0.2, -0.15) is 0 Å². The second-order valence-electron chi connectivity index (χ2n) is 3.45. The Hall–Kier alpha value is -2.24. The summed E-state index contributed by atoms with van der Waals surface area (Å²) in [7, 11) is 0. The zero-order valence-corrected chi connectivity index (χ0v) is 8.96. The number of nitrogens with zero attached hydrogens (tertiary/aromatic N) is 1. The third-order valence-electron chi connectivity index (χ3n) is 2.25. The van der Waals surface area contributed by atoms with Crippen LogP contribution in [0, 0.1) is 0 Å². The Morgan fingerprint density at radius 2 is 2.35 bits per heavy atom. The maximum absolute atomic E-state index is 11.3. The number of aliphatic carboxylic acids is 1. The fraction of sp³-hybridized carbons (Fsp3) is 0.273. The fourth-order valence-electron chi connectivity index (χ4n) is 1.51. The Balaban J connectivity index is 2.10. The lowest BCUT2D eigenvalue weighted by atomic mass is 10.3. The Morgan fingerprint density at radius 1 is 1.53 bits per heavy atom. The van der Waals surface area contributed by atoms with Crippen LogP contribution in [-0.4, -0.2) is 36.9 Å². The van der Waals surface area contributed by atoms with Gasteiger partial charge in [0.15, 0.2) is 6.61 Å². The van der Waals surface area contributed by atoms with Gasteiger partial charge in [-0.3, -0.25) is 4.90 Å². The summed E-state index contributed by atoms with van der Waals surface area (Å²) in [5.74, 6) is -0.638. The number of carboxylic acids is 1. The summed E-state index contributed by atoms with van der Waals surface area (Å²) in [6, 6.07) is 6.67. The number of amides is 1. The van der Waals surface area contributed by atoms with Crippen molar-refractivity contribution < 1.29 is 24.2 Å². The molecule has 2 rings (SSSR count). The van der Waals surface area contributed by atoms with E-state index >= 15 is 0 Å².